The summed E-state index contributed by atoms with van der Waals surface area (Å²) in [5, 5.41) is 8.68. The Labute approximate surface area is 66.2 Å². The molecule has 11 heavy (non-hydrogen) atoms. The van der Waals surface area contributed by atoms with Crippen molar-refractivity contribution in [2.24, 2.45) is 5.92 Å². The highest BCUT2D eigenvalue weighted by atomic mass is 16.4. The monoisotopic (exact) mass is 152 g/mol. The van der Waals surface area contributed by atoms with Crippen LogP contribution in [0.25, 0.3) is 0 Å². The first-order chi connectivity index (χ1) is 5.09. The molecule has 0 aliphatic heterocycles. The van der Waals surface area contributed by atoms with Gasteiger partial charge in [-0.25, -0.2) is 4.79 Å². The summed E-state index contributed by atoms with van der Waals surface area (Å²) in [5.41, 5.74) is 1.58. The molecule has 0 fully saturated rings. The van der Waals surface area contributed by atoms with E-state index in [2.05, 4.69) is 6.08 Å². The van der Waals surface area contributed by atoms with E-state index in [1.165, 1.54) is 0 Å². The van der Waals surface area contributed by atoms with Gasteiger partial charge < -0.3 is 5.11 Å². The average Bonchev–Trinajstić information content (AvgIpc) is 1.85. The molecule has 1 N–H and O–H groups in total. The molecule has 1 atom stereocenters. The Balaban J connectivity index is 2.84. The van der Waals surface area contributed by atoms with E-state index in [-0.39, 0.29) is 0 Å². The molecule has 0 saturated carbocycles. The number of carboxylic acids is 1. The Bertz CT molecular complexity index is 236. The van der Waals surface area contributed by atoms with E-state index in [1.54, 1.807) is 6.08 Å². The van der Waals surface area contributed by atoms with Crippen LogP contribution in [-0.2, 0) is 4.79 Å². The maximum atomic E-state index is 10.5. The molecule has 0 radical (unpaired) electrons. The van der Waals surface area contributed by atoms with Crippen molar-refractivity contribution in [3.8, 4) is 0 Å². The highest BCUT2D eigenvalue weighted by Crippen LogP contribution is 2.21. The van der Waals surface area contributed by atoms with Crippen LogP contribution < -0.4 is 0 Å². The third kappa shape index (κ3) is 1.93. The topological polar surface area (TPSA) is 37.3 Å². The molecule has 60 valence electrons. The van der Waals surface area contributed by atoms with Crippen molar-refractivity contribution in [2.45, 2.75) is 20.3 Å². The lowest BCUT2D eigenvalue weighted by atomic mass is 9.92. The van der Waals surface area contributed by atoms with Crippen LogP contribution in [-0.4, -0.2) is 11.1 Å². The molecule has 0 aromatic heterocycles. The van der Waals surface area contributed by atoms with Crippen molar-refractivity contribution in [3.63, 3.8) is 0 Å². The van der Waals surface area contributed by atoms with Gasteiger partial charge in [0, 0.05) is 5.57 Å². The van der Waals surface area contributed by atoms with Crippen LogP contribution in [0.4, 0.5) is 0 Å². The Morgan fingerprint density at radius 2 is 2.36 bits per heavy atom. The van der Waals surface area contributed by atoms with E-state index in [0.29, 0.717) is 17.9 Å². The van der Waals surface area contributed by atoms with Crippen molar-refractivity contribution >= 4 is 5.97 Å². The molecule has 2 nitrogen and oxygen atoms in total. The lowest BCUT2D eigenvalue weighted by Crippen LogP contribution is -2.08. The number of rotatable bonds is 1. The quantitative estimate of drug-likeness (QED) is 0.623. The maximum absolute atomic E-state index is 10.5. The van der Waals surface area contributed by atoms with Crippen LogP contribution in [0.15, 0.2) is 23.3 Å². The van der Waals surface area contributed by atoms with E-state index in [4.69, 9.17) is 5.11 Å². The van der Waals surface area contributed by atoms with E-state index >= 15 is 0 Å². The minimum absolute atomic E-state index is 0.367. The minimum Gasteiger partial charge on any atom is -0.478 e. The number of hydrogen-bond acceptors (Lipinski definition) is 1. The molecular formula is C9H12O2. The molecule has 0 amide bonds. The third-order valence-corrected chi connectivity index (χ3v) is 1.77. The van der Waals surface area contributed by atoms with Gasteiger partial charge >= 0.3 is 5.97 Å². The van der Waals surface area contributed by atoms with Gasteiger partial charge in [0.25, 0.3) is 0 Å². The second-order valence-electron chi connectivity index (χ2n) is 3.07. The summed E-state index contributed by atoms with van der Waals surface area (Å²) in [7, 11) is 0. The smallest absolute Gasteiger partial charge is 0.331 e. The van der Waals surface area contributed by atoms with Crippen molar-refractivity contribution in [1.29, 1.82) is 0 Å². The van der Waals surface area contributed by atoms with Crippen LogP contribution in [0, 0.1) is 5.92 Å². The summed E-state index contributed by atoms with van der Waals surface area (Å²) < 4.78 is 0. The fourth-order valence-corrected chi connectivity index (χ4v) is 1.39. The first-order valence-electron chi connectivity index (χ1n) is 3.72. The lowest BCUT2D eigenvalue weighted by molar-refractivity contribution is -0.132. The highest BCUT2D eigenvalue weighted by Gasteiger charge is 2.14. The minimum atomic E-state index is -0.788. The fraction of sp³-hybridized carbons (Fsp3) is 0.444. The summed E-state index contributed by atoms with van der Waals surface area (Å²) in [6, 6.07) is 0. The zero-order valence-electron chi connectivity index (χ0n) is 6.79. The standard InChI is InChI=1S/C9H12O2/c1-6-3-7(2)5-8(4-6)9(10)11/h3-4,7H,5H2,1-2H3,(H,10,11). The van der Waals surface area contributed by atoms with E-state index in [9.17, 15) is 4.79 Å². The number of hydrogen-bond donors (Lipinski definition) is 1. The summed E-state index contributed by atoms with van der Waals surface area (Å²) in [4.78, 5) is 10.5. The van der Waals surface area contributed by atoms with Crippen LogP contribution in [0.5, 0.6) is 0 Å². The van der Waals surface area contributed by atoms with Gasteiger partial charge in [-0.2, -0.15) is 0 Å². The molecule has 1 rings (SSSR count). The Morgan fingerprint density at radius 3 is 2.82 bits per heavy atom. The molecule has 0 spiro atoms. The van der Waals surface area contributed by atoms with Crippen molar-refractivity contribution in [3.05, 3.63) is 23.3 Å². The van der Waals surface area contributed by atoms with Gasteiger partial charge in [-0.3, -0.25) is 0 Å². The second-order valence-corrected chi connectivity index (χ2v) is 3.07. The largest absolute Gasteiger partial charge is 0.478 e. The molecule has 0 bridgehead atoms. The molecule has 0 aromatic carbocycles. The van der Waals surface area contributed by atoms with E-state index < -0.39 is 5.97 Å². The number of carboxylic acid groups (broad SMARTS) is 1. The van der Waals surface area contributed by atoms with Gasteiger partial charge in [0.1, 0.15) is 0 Å². The Kier molecular flexibility index (Phi) is 2.13. The van der Waals surface area contributed by atoms with Gasteiger partial charge in [0.05, 0.1) is 0 Å². The van der Waals surface area contributed by atoms with Gasteiger partial charge in [0.2, 0.25) is 0 Å². The SMILES string of the molecule is CC1=CC(C)CC(C(=O)O)=C1. The average molecular weight is 152 g/mol. The van der Waals surface area contributed by atoms with E-state index in [0.717, 1.165) is 5.57 Å². The molecule has 0 saturated heterocycles. The molecule has 1 aliphatic rings. The van der Waals surface area contributed by atoms with Gasteiger partial charge in [-0.15, -0.1) is 0 Å². The number of aliphatic carboxylic acids is 1. The van der Waals surface area contributed by atoms with Gasteiger partial charge in [-0.1, -0.05) is 18.6 Å². The number of allylic oxidation sites excluding steroid dienone is 3. The Hall–Kier alpha value is -1.05. The van der Waals surface area contributed by atoms with Crippen LogP contribution in [0.2, 0.25) is 0 Å². The second kappa shape index (κ2) is 2.91. The normalized spacial score (nSPS) is 24.0. The molecule has 2 heteroatoms. The van der Waals surface area contributed by atoms with Crippen LogP contribution in [0.1, 0.15) is 20.3 Å². The highest BCUT2D eigenvalue weighted by molar-refractivity contribution is 5.87. The maximum Gasteiger partial charge on any atom is 0.331 e. The van der Waals surface area contributed by atoms with Crippen molar-refractivity contribution < 1.29 is 9.90 Å². The molecule has 0 heterocycles. The predicted octanol–water partition coefficient (Wildman–Crippen LogP) is 1.98. The summed E-state index contributed by atoms with van der Waals surface area (Å²) >= 11 is 0. The predicted molar refractivity (Wildman–Crippen MR) is 43.3 cm³/mol. The first kappa shape index (κ1) is 8.05. The first-order valence-corrected chi connectivity index (χ1v) is 3.72. The van der Waals surface area contributed by atoms with Crippen LogP contribution in [0.3, 0.4) is 0 Å². The molecule has 1 aliphatic carbocycles. The molecule has 1 unspecified atom stereocenters. The fourth-order valence-electron chi connectivity index (χ4n) is 1.39. The summed E-state index contributed by atoms with van der Waals surface area (Å²) in [5.74, 6) is -0.421. The summed E-state index contributed by atoms with van der Waals surface area (Å²) in [6.45, 7) is 3.96. The zero-order valence-corrected chi connectivity index (χ0v) is 6.79. The van der Waals surface area contributed by atoms with E-state index in [1.807, 2.05) is 13.8 Å². The third-order valence-electron chi connectivity index (χ3n) is 1.77. The summed E-state index contributed by atoms with van der Waals surface area (Å²) in [6.07, 6.45) is 4.49. The number of carbonyl (C=O) groups is 1. The molecule has 0 aromatic rings. The van der Waals surface area contributed by atoms with Gasteiger partial charge in [-0.05, 0) is 25.3 Å². The zero-order chi connectivity index (χ0) is 8.43. The van der Waals surface area contributed by atoms with Gasteiger partial charge in [0.15, 0.2) is 0 Å². The van der Waals surface area contributed by atoms with Crippen LogP contribution >= 0.6 is 0 Å². The molecular weight excluding hydrogens is 140 g/mol. The lowest BCUT2D eigenvalue weighted by Gasteiger charge is -2.13. The Morgan fingerprint density at radius 1 is 1.73 bits per heavy atom. The van der Waals surface area contributed by atoms with Crippen molar-refractivity contribution in [2.75, 3.05) is 0 Å². The van der Waals surface area contributed by atoms with Crippen molar-refractivity contribution in [1.82, 2.24) is 0 Å².